The van der Waals surface area contributed by atoms with Crippen molar-refractivity contribution in [3.8, 4) is 0 Å². The van der Waals surface area contributed by atoms with E-state index in [1.54, 1.807) is 0 Å². The average Bonchev–Trinajstić information content (AvgIpc) is 2.63. The molecule has 0 heterocycles. The van der Waals surface area contributed by atoms with E-state index in [9.17, 15) is 0 Å². The summed E-state index contributed by atoms with van der Waals surface area (Å²) in [5.41, 5.74) is 5.35. The molecule has 25 heavy (non-hydrogen) atoms. The van der Waals surface area contributed by atoms with E-state index in [0.29, 0.717) is 26.4 Å². The maximum absolute atomic E-state index is 5.53. The summed E-state index contributed by atoms with van der Waals surface area (Å²) >= 11 is 0. The van der Waals surface area contributed by atoms with Crippen molar-refractivity contribution >= 4 is 0 Å². The lowest BCUT2D eigenvalue weighted by atomic mass is 10.0. The number of nitrogens with two attached hydrogens (primary N) is 1. The summed E-state index contributed by atoms with van der Waals surface area (Å²) in [7, 11) is 0. The van der Waals surface area contributed by atoms with Crippen LogP contribution < -0.4 is 5.73 Å². The highest BCUT2D eigenvalue weighted by Crippen LogP contribution is 2.13. The number of unbranched alkanes of at least 4 members (excludes halogenated alkanes) is 15. The molecule has 0 amide bonds. The highest BCUT2D eigenvalue weighted by atomic mass is 16.5. The third kappa shape index (κ3) is 23.9. The van der Waals surface area contributed by atoms with E-state index in [1.165, 1.54) is 103 Å². The molecule has 0 saturated carbocycles. The first-order valence-corrected chi connectivity index (χ1v) is 11.3. The Labute approximate surface area is 158 Å². The molecule has 152 valence electrons. The molecular formula is C22H47NO2. The van der Waals surface area contributed by atoms with Gasteiger partial charge in [-0.1, -0.05) is 103 Å². The molecule has 2 N–H and O–H groups in total. The van der Waals surface area contributed by atoms with E-state index in [-0.39, 0.29) is 0 Å². The molecule has 0 rings (SSSR count). The number of hydrogen-bond donors (Lipinski definition) is 1. The third-order valence-corrected chi connectivity index (χ3v) is 4.78. The molecule has 0 aromatic rings. The van der Waals surface area contributed by atoms with Gasteiger partial charge < -0.3 is 15.2 Å². The first-order chi connectivity index (χ1) is 12.4. The minimum Gasteiger partial charge on any atom is -0.379 e. The van der Waals surface area contributed by atoms with Crippen molar-refractivity contribution in [2.45, 2.75) is 110 Å². The molecule has 0 aromatic carbocycles. The highest BCUT2D eigenvalue weighted by Gasteiger charge is 1.95. The molecule has 0 fully saturated rings. The van der Waals surface area contributed by atoms with Crippen LogP contribution in [0.4, 0.5) is 0 Å². The second-order valence-corrected chi connectivity index (χ2v) is 7.32. The van der Waals surface area contributed by atoms with Crippen LogP contribution in [0.25, 0.3) is 0 Å². The van der Waals surface area contributed by atoms with Crippen LogP contribution in [0.1, 0.15) is 110 Å². The second-order valence-electron chi connectivity index (χ2n) is 7.32. The van der Waals surface area contributed by atoms with Gasteiger partial charge in [0.15, 0.2) is 0 Å². The van der Waals surface area contributed by atoms with Gasteiger partial charge in [-0.15, -0.1) is 0 Å². The first kappa shape index (κ1) is 24.9. The summed E-state index contributed by atoms with van der Waals surface area (Å²) in [5, 5.41) is 0. The smallest absolute Gasteiger partial charge is 0.0701 e. The zero-order chi connectivity index (χ0) is 18.3. The Kier molecular flexibility index (Phi) is 23.8. The fourth-order valence-corrected chi connectivity index (χ4v) is 3.16. The average molecular weight is 358 g/mol. The van der Waals surface area contributed by atoms with Crippen LogP contribution in [-0.2, 0) is 9.47 Å². The predicted molar refractivity (Wildman–Crippen MR) is 110 cm³/mol. The fourth-order valence-electron chi connectivity index (χ4n) is 3.16. The quantitative estimate of drug-likeness (QED) is 0.233. The largest absolute Gasteiger partial charge is 0.379 e. The molecule has 0 spiro atoms. The zero-order valence-electron chi connectivity index (χ0n) is 17.2. The van der Waals surface area contributed by atoms with E-state index >= 15 is 0 Å². The Hall–Kier alpha value is -0.120. The molecule has 0 unspecified atom stereocenters. The monoisotopic (exact) mass is 357 g/mol. The lowest BCUT2D eigenvalue weighted by Crippen LogP contribution is -2.12. The Morgan fingerprint density at radius 3 is 1.20 bits per heavy atom. The number of hydrogen-bond acceptors (Lipinski definition) is 3. The van der Waals surface area contributed by atoms with Gasteiger partial charge >= 0.3 is 0 Å². The van der Waals surface area contributed by atoms with Gasteiger partial charge in [0.25, 0.3) is 0 Å². The van der Waals surface area contributed by atoms with Gasteiger partial charge in [-0.3, -0.25) is 0 Å². The summed E-state index contributed by atoms with van der Waals surface area (Å²) in [6.45, 7) is 5.79. The molecule has 0 radical (unpaired) electrons. The Morgan fingerprint density at radius 2 is 0.800 bits per heavy atom. The summed E-state index contributed by atoms with van der Waals surface area (Å²) in [5.74, 6) is 0. The summed E-state index contributed by atoms with van der Waals surface area (Å²) < 4.78 is 10.8. The van der Waals surface area contributed by atoms with Gasteiger partial charge in [0.1, 0.15) is 0 Å². The minimum atomic E-state index is 0.596. The normalized spacial score (nSPS) is 11.3. The first-order valence-electron chi connectivity index (χ1n) is 11.3. The maximum Gasteiger partial charge on any atom is 0.0701 e. The van der Waals surface area contributed by atoms with Gasteiger partial charge in [0.05, 0.1) is 19.8 Å². The van der Waals surface area contributed by atoms with Gasteiger partial charge in [-0.05, 0) is 6.42 Å². The van der Waals surface area contributed by atoms with Crippen molar-refractivity contribution in [2.75, 3.05) is 33.0 Å². The highest BCUT2D eigenvalue weighted by molar-refractivity contribution is 4.50. The molecular weight excluding hydrogens is 310 g/mol. The van der Waals surface area contributed by atoms with E-state index in [1.807, 2.05) is 0 Å². The number of ether oxygens (including phenoxy) is 2. The molecule has 3 nitrogen and oxygen atoms in total. The van der Waals surface area contributed by atoms with Crippen molar-refractivity contribution in [1.82, 2.24) is 0 Å². The summed E-state index contributed by atoms with van der Waals surface area (Å²) in [6, 6.07) is 0. The van der Waals surface area contributed by atoms with Crippen molar-refractivity contribution < 1.29 is 9.47 Å². The lowest BCUT2D eigenvalue weighted by Gasteiger charge is -2.05. The van der Waals surface area contributed by atoms with E-state index in [4.69, 9.17) is 15.2 Å². The van der Waals surface area contributed by atoms with Gasteiger partial charge in [0.2, 0.25) is 0 Å². The zero-order valence-corrected chi connectivity index (χ0v) is 17.2. The summed E-state index contributed by atoms with van der Waals surface area (Å²) in [6.07, 6.45) is 22.6. The van der Waals surface area contributed by atoms with E-state index in [2.05, 4.69) is 6.92 Å². The number of rotatable bonds is 22. The van der Waals surface area contributed by atoms with Crippen LogP contribution in [0.3, 0.4) is 0 Å². The Bertz CT molecular complexity index is 202. The van der Waals surface area contributed by atoms with Crippen LogP contribution in [0.15, 0.2) is 0 Å². The molecule has 0 aromatic heterocycles. The Balaban J connectivity index is 2.94. The molecule has 0 aliphatic heterocycles. The van der Waals surface area contributed by atoms with Crippen molar-refractivity contribution in [3.05, 3.63) is 0 Å². The van der Waals surface area contributed by atoms with Crippen molar-refractivity contribution in [2.24, 2.45) is 5.73 Å². The van der Waals surface area contributed by atoms with Crippen molar-refractivity contribution in [3.63, 3.8) is 0 Å². The van der Waals surface area contributed by atoms with Crippen molar-refractivity contribution in [1.29, 1.82) is 0 Å². The topological polar surface area (TPSA) is 44.5 Å². The molecule has 3 heteroatoms. The maximum atomic E-state index is 5.53. The molecule has 0 bridgehead atoms. The van der Waals surface area contributed by atoms with Crippen LogP contribution in [-0.4, -0.2) is 33.0 Å². The minimum absolute atomic E-state index is 0.596. The molecule has 0 aliphatic rings. The summed E-state index contributed by atoms with van der Waals surface area (Å²) in [4.78, 5) is 0. The second kappa shape index (κ2) is 23.9. The van der Waals surface area contributed by atoms with Crippen LogP contribution in [0, 0.1) is 0 Å². The van der Waals surface area contributed by atoms with Crippen LogP contribution >= 0.6 is 0 Å². The van der Waals surface area contributed by atoms with Gasteiger partial charge in [-0.25, -0.2) is 0 Å². The SMILES string of the molecule is CCCCCCCCCCCCCCCCCCOCCOCCN. The van der Waals surface area contributed by atoms with E-state index < -0.39 is 0 Å². The van der Waals surface area contributed by atoms with Gasteiger partial charge in [0, 0.05) is 13.2 Å². The lowest BCUT2D eigenvalue weighted by molar-refractivity contribution is 0.0492. The Morgan fingerprint density at radius 1 is 0.440 bits per heavy atom. The fraction of sp³-hybridized carbons (Fsp3) is 1.00. The standard InChI is InChI=1S/C22H47NO2/c1-2-3-4-5-6-7-8-9-10-11-12-13-14-15-16-17-19-24-21-22-25-20-18-23/h2-23H2,1H3. The van der Waals surface area contributed by atoms with E-state index in [0.717, 1.165) is 6.61 Å². The third-order valence-electron chi connectivity index (χ3n) is 4.78. The molecule has 0 saturated heterocycles. The molecule has 0 aliphatic carbocycles. The molecule has 0 atom stereocenters. The predicted octanol–water partition coefficient (Wildman–Crippen LogP) is 6.24. The van der Waals surface area contributed by atoms with Crippen LogP contribution in [0.5, 0.6) is 0 Å². The van der Waals surface area contributed by atoms with Crippen LogP contribution in [0.2, 0.25) is 0 Å². The van der Waals surface area contributed by atoms with Gasteiger partial charge in [-0.2, -0.15) is 0 Å².